The monoisotopic (exact) mass is 416 g/mol. The van der Waals surface area contributed by atoms with E-state index in [0.717, 1.165) is 0 Å². The largest absolute Gasteiger partial charge is 0.378 e. The summed E-state index contributed by atoms with van der Waals surface area (Å²) in [7, 11) is -3.52. The number of ether oxygens (including phenoxy) is 4. The van der Waals surface area contributed by atoms with Crippen molar-refractivity contribution in [1.29, 1.82) is 0 Å². The first-order valence-corrected chi connectivity index (χ1v) is 10.9. The van der Waals surface area contributed by atoms with Crippen LogP contribution in [0.5, 0.6) is 0 Å². The van der Waals surface area contributed by atoms with Crippen molar-refractivity contribution >= 4 is 15.7 Å². The molecule has 158 valence electrons. The highest BCUT2D eigenvalue weighted by atomic mass is 32.2. The summed E-state index contributed by atoms with van der Waals surface area (Å²) in [4.78, 5) is 11.9. The second kappa shape index (κ2) is 12.1. The van der Waals surface area contributed by atoms with E-state index in [1.165, 1.54) is 6.07 Å². The van der Waals surface area contributed by atoms with Crippen LogP contribution in [0.1, 0.15) is 15.9 Å². The van der Waals surface area contributed by atoms with Crippen LogP contribution in [0.2, 0.25) is 0 Å². The summed E-state index contributed by atoms with van der Waals surface area (Å²) in [6, 6.07) is 4.73. The van der Waals surface area contributed by atoms with Crippen molar-refractivity contribution < 1.29 is 32.2 Å². The Morgan fingerprint density at radius 2 is 1.46 bits per heavy atom. The molecular formula is C18H28N2O7S. The van der Waals surface area contributed by atoms with Crippen molar-refractivity contribution in [3.05, 3.63) is 29.3 Å². The quantitative estimate of drug-likeness (QED) is 0.374. The predicted molar refractivity (Wildman–Crippen MR) is 102 cm³/mol. The van der Waals surface area contributed by atoms with Crippen LogP contribution in [0.3, 0.4) is 0 Å². The number of amides is 1. The van der Waals surface area contributed by atoms with Crippen LogP contribution < -0.4 is 11.1 Å². The van der Waals surface area contributed by atoms with Gasteiger partial charge in [0.15, 0.2) is 9.84 Å². The third kappa shape index (κ3) is 7.12. The number of sulfone groups is 1. The molecule has 1 aliphatic heterocycles. The van der Waals surface area contributed by atoms with E-state index < -0.39 is 9.84 Å². The van der Waals surface area contributed by atoms with Crippen molar-refractivity contribution in [2.45, 2.75) is 11.4 Å². The van der Waals surface area contributed by atoms with E-state index in [1.807, 2.05) is 0 Å². The Morgan fingerprint density at radius 1 is 0.893 bits per heavy atom. The van der Waals surface area contributed by atoms with Crippen LogP contribution in [0, 0.1) is 0 Å². The van der Waals surface area contributed by atoms with Crippen molar-refractivity contribution in [1.82, 2.24) is 5.32 Å². The smallest absolute Gasteiger partial charge is 0.251 e. The number of benzene rings is 1. The maximum absolute atomic E-state index is 12.5. The van der Waals surface area contributed by atoms with Gasteiger partial charge in [0.1, 0.15) is 0 Å². The molecule has 0 spiro atoms. The number of hydrogen-bond donors (Lipinski definition) is 2. The van der Waals surface area contributed by atoms with Crippen LogP contribution in [0.25, 0.3) is 0 Å². The van der Waals surface area contributed by atoms with Crippen LogP contribution >= 0.6 is 0 Å². The topological polar surface area (TPSA) is 126 Å². The minimum Gasteiger partial charge on any atom is -0.378 e. The van der Waals surface area contributed by atoms with E-state index in [1.54, 1.807) is 12.1 Å². The van der Waals surface area contributed by atoms with Crippen LogP contribution in [0.15, 0.2) is 23.1 Å². The van der Waals surface area contributed by atoms with Gasteiger partial charge in [-0.25, -0.2) is 8.42 Å². The lowest BCUT2D eigenvalue weighted by atomic mass is 10.1. The molecule has 0 saturated heterocycles. The molecule has 0 saturated carbocycles. The molecule has 0 aliphatic carbocycles. The molecule has 28 heavy (non-hydrogen) atoms. The molecular weight excluding hydrogens is 388 g/mol. The van der Waals surface area contributed by atoms with Crippen molar-refractivity contribution in [3.63, 3.8) is 0 Å². The maximum Gasteiger partial charge on any atom is 0.251 e. The molecule has 1 aromatic carbocycles. The van der Waals surface area contributed by atoms with Gasteiger partial charge in [-0.3, -0.25) is 4.79 Å². The summed E-state index contributed by atoms with van der Waals surface area (Å²) < 4.78 is 46.2. The fourth-order valence-corrected chi connectivity index (χ4v) is 4.04. The average Bonchev–Trinajstić information content (AvgIpc) is 3.06. The van der Waals surface area contributed by atoms with Gasteiger partial charge in [0.2, 0.25) is 0 Å². The number of carbonyl (C=O) groups is 1. The SMILES string of the molecule is NCCOCCOCCOCCOCCS(=O)(=O)c1cccc2c1CNC2=O. The number of hydrogen-bond acceptors (Lipinski definition) is 8. The molecule has 1 amide bonds. The van der Waals surface area contributed by atoms with Gasteiger partial charge >= 0.3 is 0 Å². The molecule has 2 rings (SSSR count). The fourth-order valence-electron chi connectivity index (χ4n) is 2.64. The molecule has 0 bridgehead atoms. The number of fused-ring (bicyclic) bond motifs is 1. The first kappa shape index (κ1) is 22.7. The number of carbonyl (C=O) groups excluding carboxylic acids is 1. The Morgan fingerprint density at radius 3 is 2.07 bits per heavy atom. The first-order chi connectivity index (χ1) is 13.6. The summed E-state index contributed by atoms with van der Waals surface area (Å²) in [5.74, 6) is -0.392. The third-order valence-electron chi connectivity index (χ3n) is 4.01. The van der Waals surface area contributed by atoms with Gasteiger partial charge in [-0.15, -0.1) is 0 Å². The minimum absolute atomic E-state index is 0.0612. The van der Waals surface area contributed by atoms with Crippen molar-refractivity contribution in [2.24, 2.45) is 5.73 Å². The number of nitrogens with one attached hydrogen (secondary N) is 1. The summed E-state index contributed by atoms with van der Waals surface area (Å²) in [6.07, 6.45) is 0. The standard InChI is InChI=1S/C18H28N2O7S/c19-4-5-24-6-7-25-8-9-26-10-11-27-12-13-28(22,23)17-3-1-2-15-16(17)14-20-18(15)21/h1-3H,4-14,19H2,(H,20,21). The Hall–Kier alpha value is -1.56. The summed E-state index contributed by atoms with van der Waals surface area (Å²) in [5, 5.41) is 2.64. The fraction of sp³-hybridized carbons (Fsp3) is 0.611. The zero-order valence-corrected chi connectivity index (χ0v) is 16.7. The Labute approximate surface area is 165 Å². The lowest BCUT2D eigenvalue weighted by Gasteiger charge is -2.09. The lowest BCUT2D eigenvalue weighted by Crippen LogP contribution is -2.17. The molecule has 0 unspecified atom stereocenters. The van der Waals surface area contributed by atoms with E-state index >= 15 is 0 Å². The number of rotatable bonds is 15. The molecule has 0 atom stereocenters. The highest BCUT2D eigenvalue weighted by molar-refractivity contribution is 7.91. The zero-order valence-electron chi connectivity index (χ0n) is 15.9. The van der Waals surface area contributed by atoms with Crippen LogP contribution in [-0.2, 0) is 35.3 Å². The van der Waals surface area contributed by atoms with Gasteiger partial charge < -0.3 is 30.0 Å². The molecule has 3 N–H and O–H groups in total. The molecule has 10 heteroatoms. The van der Waals surface area contributed by atoms with E-state index in [9.17, 15) is 13.2 Å². The second-order valence-corrected chi connectivity index (χ2v) is 8.10. The maximum atomic E-state index is 12.5. The predicted octanol–water partition coefficient (Wildman–Crippen LogP) is -0.271. The third-order valence-corrected chi connectivity index (χ3v) is 5.77. The van der Waals surface area contributed by atoms with Crippen molar-refractivity contribution in [2.75, 3.05) is 65.2 Å². The lowest BCUT2D eigenvalue weighted by molar-refractivity contribution is 0.000557. The molecule has 1 heterocycles. The van der Waals surface area contributed by atoms with Crippen molar-refractivity contribution in [3.8, 4) is 0 Å². The molecule has 0 radical (unpaired) electrons. The van der Waals surface area contributed by atoms with Gasteiger partial charge in [0.05, 0.1) is 63.5 Å². The second-order valence-electron chi connectivity index (χ2n) is 6.02. The van der Waals surface area contributed by atoms with Gasteiger partial charge in [-0.05, 0) is 12.1 Å². The zero-order chi connectivity index (χ0) is 20.2. The van der Waals surface area contributed by atoms with Gasteiger partial charge in [-0.1, -0.05) is 6.07 Å². The summed E-state index contributed by atoms with van der Waals surface area (Å²) in [6.45, 7) is 3.83. The Kier molecular flexibility index (Phi) is 9.82. The Bertz CT molecular complexity index is 725. The molecule has 0 aromatic heterocycles. The van der Waals surface area contributed by atoms with Gasteiger partial charge in [0.25, 0.3) is 5.91 Å². The van der Waals surface area contributed by atoms with Gasteiger partial charge in [-0.2, -0.15) is 0 Å². The van der Waals surface area contributed by atoms with E-state index in [0.29, 0.717) is 63.9 Å². The molecule has 1 aromatic rings. The summed E-state index contributed by atoms with van der Waals surface area (Å²) in [5.41, 5.74) is 6.24. The minimum atomic E-state index is -3.52. The molecule has 1 aliphatic rings. The first-order valence-electron chi connectivity index (χ1n) is 9.20. The average molecular weight is 416 g/mol. The Balaban J connectivity index is 1.56. The molecule has 0 fully saturated rings. The molecule has 9 nitrogen and oxygen atoms in total. The normalized spacial score (nSPS) is 13.5. The van der Waals surface area contributed by atoms with Crippen LogP contribution in [-0.4, -0.2) is 79.5 Å². The highest BCUT2D eigenvalue weighted by Crippen LogP contribution is 2.24. The number of nitrogens with two attached hydrogens (primary N) is 1. The van der Waals surface area contributed by atoms with E-state index in [4.69, 9.17) is 24.7 Å². The van der Waals surface area contributed by atoms with Crippen LogP contribution in [0.4, 0.5) is 0 Å². The van der Waals surface area contributed by atoms with E-state index in [2.05, 4.69) is 5.32 Å². The van der Waals surface area contributed by atoms with Gasteiger partial charge in [0, 0.05) is 24.2 Å². The van der Waals surface area contributed by atoms with E-state index in [-0.39, 0.29) is 29.7 Å². The summed E-state index contributed by atoms with van der Waals surface area (Å²) >= 11 is 0. The highest BCUT2D eigenvalue weighted by Gasteiger charge is 2.27.